The zero-order valence-electron chi connectivity index (χ0n) is 8.66. The summed E-state index contributed by atoms with van der Waals surface area (Å²) in [6.45, 7) is 4.59. The fourth-order valence-corrected chi connectivity index (χ4v) is 2.36. The molecule has 0 saturated carbocycles. The summed E-state index contributed by atoms with van der Waals surface area (Å²) in [4.78, 5) is 0. The van der Waals surface area contributed by atoms with Crippen molar-refractivity contribution in [2.75, 3.05) is 13.2 Å². The summed E-state index contributed by atoms with van der Waals surface area (Å²) in [6, 6.07) is 4.10. The van der Waals surface area contributed by atoms with Crippen LogP contribution >= 0.6 is 15.9 Å². The van der Waals surface area contributed by atoms with E-state index in [-0.39, 0.29) is 0 Å². The molecule has 1 aliphatic rings. The lowest BCUT2D eigenvalue weighted by Crippen LogP contribution is -2.13. The second-order valence-corrected chi connectivity index (χ2v) is 4.77. The standard InChI is InChI=1S/C11H13BrN2O/c1-8-11(12)4-10(5-13)14(8)6-9-2-3-15-7-9/h4,9H,2-3,6-7H2,1H3/t9-/m0/s1. The molecule has 1 fully saturated rings. The van der Waals surface area contributed by atoms with Crippen molar-refractivity contribution >= 4 is 15.9 Å². The fourth-order valence-electron chi connectivity index (χ4n) is 1.93. The molecule has 2 heterocycles. The maximum absolute atomic E-state index is 9.01. The number of nitriles is 1. The molecule has 1 saturated heterocycles. The maximum atomic E-state index is 9.01. The summed E-state index contributed by atoms with van der Waals surface area (Å²) in [7, 11) is 0. The van der Waals surface area contributed by atoms with Crippen molar-refractivity contribution in [1.29, 1.82) is 5.26 Å². The molecule has 1 atom stereocenters. The first-order valence-electron chi connectivity index (χ1n) is 5.06. The van der Waals surface area contributed by atoms with Gasteiger partial charge in [-0.25, -0.2) is 0 Å². The third-order valence-electron chi connectivity index (χ3n) is 2.88. The zero-order chi connectivity index (χ0) is 10.8. The predicted molar refractivity (Wildman–Crippen MR) is 60.5 cm³/mol. The Morgan fingerprint density at radius 1 is 1.73 bits per heavy atom. The van der Waals surface area contributed by atoms with Gasteiger partial charge in [0.15, 0.2) is 0 Å². The minimum Gasteiger partial charge on any atom is -0.381 e. The minimum atomic E-state index is 0.551. The van der Waals surface area contributed by atoms with Gasteiger partial charge in [-0.3, -0.25) is 0 Å². The highest BCUT2D eigenvalue weighted by Crippen LogP contribution is 2.24. The number of aromatic nitrogens is 1. The minimum absolute atomic E-state index is 0.551. The van der Waals surface area contributed by atoms with Gasteiger partial charge in [0.2, 0.25) is 0 Å². The predicted octanol–water partition coefficient (Wildman–Crippen LogP) is 2.47. The number of hydrogen-bond acceptors (Lipinski definition) is 2. The molecule has 1 aliphatic heterocycles. The van der Waals surface area contributed by atoms with Gasteiger partial charge < -0.3 is 9.30 Å². The summed E-state index contributed by atoms with van der Waals surface area (Å²) >= 11 is 3.45. The van der Waals surface area contributed by atoms with Crippen LogP contribution in [-0.4, -0.2) is 17.8 Å². The first-order chi connectivity index (χ1) is 7.22. The van der Waals surface area contributed by atoms with E-state index in [1.165, 1.54) is 0 Å². The molecule has 80 valence electrons. The van der Waals surface area contributed by atoms with E-state index < -0.39 is 0 Å². The molecule has 3 nitrogen and oxygen atoms in total. The van der Waals surface area contributed by atoms with Crippen molar-refractivity contribution < 1.29 is 4.74 Å². The van der Waals surface area contributed by atoms with Gasteiger partial charge in [-0.15, -0.1) is 0 Å². The van der Waals surface area contributed by atoms with Gasteiger partial charge in [-0.1, -0.05) is 0 Å². The van der Waals surface area contributed by atoms with Gasteiger partial charge in [-0.05, 0) is 35.3 Å². The Labute approximate surface area is 97.8 Å². The number of nitrogens with zero attached hydrogens (tertiary/aromatic N) is 2. The quantitative estimate of drug-likeness (QED) is 0.827. The Balaban J connectivity index is 2.22. The van der Waals surface area contributed by atoms with Gasteiger partial charge in [0.1, 0.15) is 11.8 Å². The van der Waals surface area contributed by atoms with Crippen LogP contribution in [0.2, 0.25) is 0 Å². The van der Waals surface area contributed by atoms with E-state index in [1.54, 1.807) is 0 Å². The summed E-state index contributed by atoms with van der Waals surface area (Å²) < 4.78 is 8.43. The molecule has 0 N–H and O–H groups in total. The van der Waals surface area contributed by atoms with Gasteiger partial charge in [0.05, 0.1) is 6.61 Å². The van der Waals surface area contributed by atoms with Crippen molar-refractivity contribution in [1.82, 2.24) is 4.57 Å². The van der Waals surface area contributed by atoms with Gasteiger partial charge >= 0.3 is 0 Å². The van der Waals surface area contributed by atoms with Crippen LogP contribution in [0.3, 0.4) is 0 Å². The molecule has 15 heavy (non-hydrogen) atoms. The summed E-state index contributed by atoms with van der Waals surface area (Å²) in [6.07, 6.45) is 1.10. The Hall–Kier alpha value is -0.790. The highest BCUT2D eigenvalue weighted by atomic mass is 79.9. The monoisotopic (exact) mass is 268 g/mol. The van der Waals surface area contributed by atoms with Gasteiger partial charge in [0.25, 0.3) is 0 Å². The normalized spacial score (nSPS) is 20.5. The molecular weight excluding hydrogens is 256 g/mol. The average molecular weight is 269 g/mol. The summed E-state index contributed by atoms with van der Waals surface area (Å²) in [5.74, 6) is 0.551. The van der Waals surface area contributed by atoms with Crippen molar-refractivity contribution in [3.05, 3.63) is 21.9 Å². The van der Waals surface area contributed by atoms with Crippen LogP contribution in [0.25, 0.3) is 0 Å². The number of hydrogen-bond donors (Lipinski definition) is 0. The van der Waals surface area contributed by atoms with Crippen molar-refractivity contribution in [2.24, 2.45) is 5.92 Å². The zero-order valence-corrected chi connectivity index (χ0v) is 10.2. The van der Waals surface area contributed by atoms with E-state index in [4.69, 9.17) is 10.00 Å². The molecule has 0 amide bonds. The maximum Gasteiger partial charge on any atom is 0.121 e. The van der Waals surface area contributed by atoms with Gasteiger partial charge in [-0.2, -0.15) is 5.26 Å². The number of rotatable bonds is 2. The Bertz CT molecular complexity index is 399. The summed E-state index contributed by atoms with van der Waals surface area (Å²) in [5, 5.41) is 9.01. The second kappa shape index (κ2) is 4.38. The number of halogens is 1. The lowest BCUT2D eigenvalue weighted by molar-refractivity contribution is 0.182. The molecule has 0 unspecified atom stereocenters. The van der Waals surface area contributed by atoms with Crippen LogP contribution in [0, 0.1) is 24.2 Å². The van der Waals surface area contributed by atoms with E-state index in [0.717, 1.165) is 42.0 Å². The largest absolute Gasteiger partial charge is 0.381 e. The topological polar surface area (TPSA) is 38.0 Å². The van der Waals surface area contributed by atoms with Gasteiger partial charge in [0, 0.05) is 29.2 Å². The van der Waals surface area contributed by atoms with E-state index in [9.17, 15) is 0 Å². The molecule has 0 spiro atoms. The Kier molecular flexibility index (Phi) is 3.13. The molecule has 1 aromatic heterocycles. The van der Waals surface area contributed by atoms with Crippen LogP contribution in [0.5, 0.6) is 0 Å². The average Bonchev–Trinajstić information content (AvgIpc) is 2.82. The molecule has 0 aliphatic carbocycles. The highest BCUT2D eigenvalue weighted by Gasteiger charge is 2.19. The molecule has 0 bridgehead atoms. The van der Waals surface area contributed by atoms with Crippen molar-refractivity contribution in [2.45, 2.75) is 19.9 Å². The molecule has 1 aromatic rings. The van der Waals surface area contributed by atoms with Crippen LogP contribution < -0.4 is 0 Å². The third-order valence-corrected chi connectivity index (χ3v) is 3.69. The highest BCUT2D eigenvalue weighted by molar-refractivity contribution is 9.10. The van der Waals surface area contributed by atoms with E-state index in [2.05, 4.69) is 26.6 Å². The molecule has 2 rings (SSSR count). The third kappa shape index (κ3) is 2.09. The Morgan fingerprint density at radius 3 is 3.13 bits per heavy atom. The lowest BCUT2D eigenvalue weighted by Gasteiger charge is -2.12. The molecule has 0 radical (unpaired) electrons. The smallest absolute Gasteiger partial charge is 0.121 e. The molecule has 0 aromatic carbocycles. The fraction of sp³-hybridized carbons (Fsp3) is 0.545. The SMILES string of the molecule is Cc1c(Br)cc(C#N)n1C[C@@H]1CCOC1. The van der Waals surface area contributed by atoms with Crippen molar-refractivity contribution in [3.8, 4) is 6.07 Å². The van der Waals surface area contributed by atoms with Crippen molar-refractivity contribution in [3.63, 3.8) is 0 Å². The lowest BCUT2D eigenvalue weighted by atomic mass is 10.1. The van der Waals surface area contributed by atoms with Crippen LogP contribution in [0.1, 0.15) is 17.8 Å². The first kappa shape index (κ1) is 10.7. The van der Waals surface area contributed by atoms with Crippen LogP contribution in [0.4, 0.5) is 0 Å². The molecular formula is C11H13BrN2O. The Morgan fingerprint density at radius 2 is 2.53 bits per heavy atom. The van der Waals surface area contributed by atoms with Crippen LogP contribution in [0.15, 0.2) is 10.5 Å². The van der Waals surface area contributed by atoms with E-state index in [1.807, 2.05) is 13.0 Å². The molecule has 4 heteroatoms. The second-order valence-electron chi connectivity index (χ2n) is 3.91. The summed E-state index contributed by atoms with van der Waals surface area (Å²) in [5.41, 5.74) is 1.85. The van der Waals surface area contributed by atoms with E-state index in [0.29, 0.717) is 5.92 Å². The van der Waals surface area contributed by atoms with E-state index >= 15 is 0 Å². The first-order valence-corrected chi connectivity index (χ1v) is 5.85. The number of ether oxygens (including phenoxy) is 1. The van der Waals surface area contributed by atoms with Crippen LogP contribution in [-0.2, 0) is 11.3 Å².